The molecule has 1 N–H and O–H groups in total. The zero-order valence-corrected chi connectivity index (χ0v) is 15.6. The van der Waals surface area contributed by atoms with E-state index >= 15 is 0 Å². The standard InChI is InChI=1S/C15H18BrF3N2.2ClH/c1-2-3-14(21-8-6-20-7-9-21)12-10-11(15(17,18)19)4-5-13(12)16;;/h2,4-5,10,14,20H,1,3,6-9H2;2*1H/t14-;;/m0../s1. The van der Waals surface area contributed by atoms with Gasteiger partial charge < -0.3 is 5.32 Å². The van der Waals surface area contributed by atoms with E-state index in [1.54, 1.807) is 6.08 Å². The van der Waals surface area contributed by atoms with Crippen molar-refractivity contribution in [1.82, 2.24) is 10.2 Å². The van der Waals surface area contributed by atoms with Crippen molar-refractivity contribution in [1.29, 1.82) is 0 Å². The van der Waals surface area contributed by atoms with Crippen LogP contribution in [0.1, 0.15) is 23.6 Å². The molecule has 0 aromatic heterocycles. The number of benzene rings is 1. The fourth-order valence-electron chi connectivity index (χ4n) is 2.60. The van der Waals surface area contributed by atoms with Crippen LogP contribution in [-0.2, 0) is 6.18 Å². The summed E-state index contributed by atoms with van der Waals surface area (Å²) in [7, 11) is 0. The first-order valence-electron chi connectivity index (χ1n) is 6.86. The average molecular weight is 436 g/mol. The van der Waals surface area contributed by atoms with E-state index in [0.717, 1.165) is 32.2 Å². The van der Waals surface area contributed by atoms with Crippen LogP contribution in [-0.4, -0.2) is 31.1 Å². The van der Waals surface area contributed by atoms with Gasteiger partial charge in [-0.3, -0.25) is 4.90 Å². The van der Waals surface area contributed by atoms with Gasteiger partial charge in [-0.1, -0.05) is 22.0 Å². The van der Waals surface area contributed by atoms with Crippen molar-refractivity contribution in [3.63, 3.8) is 0 Å². The van der Waals surface area contributed by atoms with Crippen molar-refractivity contribution in [2.24, 2.45) is 0 Å². The number of halogens is 6. The summed E-state index contributed by atoms with van der Waals surface area (Å²) in [4.78, 5) is 2.21. The number of rotatable bonds is 4. The first kappa shape index (κ1) is 22.7. The van der Waals surface area contributed by atoms with Gasteiger partial charge in [0.1, 0.15) is 0 Å². The van der Waals surface area contributed by atoms with E-state index in [1.807, 2.05) is 0 Å². The molecule has 0 unspecified atom stereocenters. The highest BCUT2D eigenvalue weighted by atomic mass is 79.9. The van der Waals surface area contributed by atoms with Gasteiger partial charge in [-0.05, 0) is 30.2 Å². The number of nitrogens with one attached hydrogen (secondary N) is 1. The maximum Gasteiger partial charge on any atom is 0.416 e. The Morgan fingerprint density at radius 3 is 2.39 bits per heavy atom. The van der Waals surface area contributed by atoms with E-state index < -0.39 is 11.7 Å². The summed E-state index contributed by atoms with van der Waals surface area (Å²) in [6, 6.07) is 3.76. The van der Waals surface area contributed by atoms with Crippen LogP contribution in [0.25, 0.3) is 0 Å². The first-order valence-corrected chi connectivity index (χ1v) is 7.65. The van der Waals surface area contributed by atoms with Crippen LogP contribution in [0.3, 0.4) is 0 Å². The van der Waals surface area contributed by atoms with Gasteiger partial charge >= 0.3 is 6.18 Å². The van der Waals surface area contributed by atoms with Crippen molar-refractivity contribution < 1.29 is 13.2 Å². The van der Waals surface area contributed by atoms with Crippen LogP contribution in [0.2, 0.25) is 0 Å². The molecule has 0 saturated carbocycles. The molecular formula is C15H20BrCl2F3N2. The summed E-state index contributed by atoms with van der Waals surface area (Å²) >= 11 is 3.39. The van der Waals surface area contributed by atoms with Crippen molar-refractivity contribution in [3.8, 4) is 0 Å². The van der Waals surface area contributed by atoms with Crippen LogP contribution >= 0.6 is 40.7 Å². The highest BCUT2D eigenvalue weighted by Crippen LogP contribution is 2.36. The Morgan fingerprint density at radius 2 is 1.87 bits per heavy atom. The minimum Gasteiger partial charge on any atom is -0.314 e. The first-order chi connectivity index (χ1) is 9.93. The smallest absolute Gasteiger partial charge is 0.314 e. The summed E-state index contributed by atoms with van der Waals surface area (Å²) in [6.07, 6.45) is -1.93. The van der Waals surface area contributed by atoms with Crippen LogP contribution in [0.15, 0.2) is 35.3 Å². The van der Waals surface area contributed by atoms with Crippen molar-refractivity contribution >= 4 is 40.7 Å². The predicted molar refractivity (Wildman–Crippen MR) is 95.6 cm³/mol. The number of piperazine rings is 1. The highest BCUT2D eigenvalue weighted by Gasteiger charge is 2.32. The van der Waals surface area contributed by atoms with Crippen molar-refractivity contribution in [2.45, 2.75) is 18.6 Å². The minimum atomic E-state index is -4.32. The van der Waals surface area contributed by atoms with Crippen molar-refractivity contribution in [2.75, 3.05) is 26.2 Å². The van der Waals surface area contributed by atoms with Crippen LogP contribution in [0, 0.1) is 0 Å². The summed E-state index contributed by atoms with van der Waals surface area (Å²) in [6.45, 7) is 7.09. The van der Waals surface area contributed by atoms with Gasteiger partial charge in [0.2, 0.25) is 0 Å². The van der Waals surface area contributed by atoms with E-state index in [1.165, 1.54) is 12.1 Å². The summed E-state index contributed by atoms with van der Waals surface area (Å²) in [5.74, 6) is 0. The van der Waals surface area contributed by atoms with Gasteiger partial charge in [0.15, 0.2) is 0 Å². The zero-order valence-electron chi connectivity index (χ0n) is 12.4. The molecule has 1 aliphatic rings. The maximum atomic E-state index is 12.9. The third kappa shape index (κ3) is 5.94. The number of hydrogen-bond donors (Lipinski definition) is 1. The molecule has 0 bridgehead atoms. The lowest BCUT2D eigenvalue weighted by Crippen LogP contribution is -2.45. The Labute approximate surface area is 155 Å². The van der Waals surface area contributed by atoms with Gasteiger partial charge in [-0.2, -0.15) is 13.2 Å². The quantitative estimate of drug-likeness (QED) is 0.681. The molecule has 1 saturated heterocycles. The molecule has 132 valence electrons. The minimum absolute atomic E-state index is 0. The Bertz CT molecular complexity index is 506. The SMILES string of the molecule is C=CC[C@@H](c1cc(C(F)(F)F)ccc1Br)N1CCNCC1.Cl.Cl. The molecule has 0 amide bonds. The van der Waals surface area contributed by atoms with Crippen molar-refractivity contribution in [3.05, 3.63) is 46.5 Å². The van der Waals surface area contributed by atoms with Gasteiger partial charge in [0.05, 0.1) is 5.56 Å². The second-order valence-corrected chi connectivity index (χ2v) is 5.91. The Morgan fingerprint density at radius 1 is 1.26 bits per heavy atom. The topological polar surface area (TPSA) is 15.3 Å². The molecule has 2 rings (SSSR count). The highest BCUT2D eigenvalue weighted by molar-refractivity contribution is 9.10. The van der Waals surface area contributed by atoms with E-state index in [2.05, 4.69) is 32.7 Å². The molecule has 1 heterocycles. The van der Waals surface area contributed by atoms with Gasteiger partial charge in [0, 0.05) is 36.7 Å². The lowest BCUT2D eigenvalue weighted by Gasteiger charge is -2.35. The van der Waals surface area contributed by atoms with Gasteiger partial charge in [-0.15, -0.1) is 31.4 Å². The normalized spacial score (nSPS) is 16.9. The predicted octanol–water partition coefficient (Wildman–Crippen LogP) is 4.83. The number of hydrogen-bond acceptors (Lipinski definition) is 2. The molecule has 1 aromatic rings. The molecular weight excluding hydrogens is 416 g/mol. The molecule has 1 aliphatic heterocycles. The third-order valence-corrected chi connectivity index (χ3v) is 4.39. The van der Waals surface area contributed by atoms with E-state index in [-0.39, 0.29) is 30.9 Å². The molecule has 8 heteroatoms. The number of alkyl halides is 3. The molecule has 23 heavy (non-hydrogen) atoms. The van der Waals surface area contributed by atoms with E-state index in [9.17, 15) is 13.2 Å². The summed E-state index contributed by atoms with van der Waals surface area (Å²) in [5, 5.41) is 3.25. The molecule has 2 nitrogen and oxygen atoms in total. The van der Waals surface area contributed by atoms with Crippen LogP contribution in [0.4, 0.5) is 13.2 Å². The second kappa shape index (κ2) is 9.89. The summed E-state index contributed by atoms with van der Waals surface area (Å²) in [5.41, 5.74) is 0.0662. The van der Waals surface area contributed by atoms with Crippen LogP contribution in [0.5, 0.6) is 0 Å². The molecule has 1 aromatic carbocycles. The summed E-state index contributed by atoms with van der Waals surface area (Å²) < 4.78 is 39.5. The number of nitrogens with zero attached hydrogens (tertiary/aromatic N) is 1. The fraction of sp³-hybridized carbons (Fsp3) is 0.467. The lowest BCUT2D eigenvalue weighted by molar-refractivity contribution is -0.137. The molecule has 0 spiro atoms. The molecule has 1 fully saturated rings. The van der Waals surface area contributed by atoms with E-state index in [0.29, 0.717) is 16.5 Å². The van der Waals surface area contributed by atoms with Gasteiger partial charge in [0.25, 0.3) is 0 Å². The van der Waals surface area contributed by atoms with Gasteiger partial charge in [-0.25, -0.2) is 0 Å². The second-order valence-electron chi connectivity index (χ2n) is 5.06. The Balaban J connectivity index is 0.00000242. The zero-order chi connectivity index (χ0) is 15.5. The average Bonchev–Trinajstić information content (AvgIpc) is 2.45. The fourth-order valence-corrected chi connectivity index (χ4v) is 3.11. The Hall–Kier alpha value is -0.270. The monoisotopic (exact) mass is 434 g/mol. The Kier molecular flexibility index (Phi) is 9.77. The molecule has 0 radical (unpaired) electrons. The van der Waals surface area contributed by atoms with E-state index in [4.69, 9.17) is 0 Å². The molecule has 0 aliphatic carbocycles. The third-order valence-electron chi connectivity index (χ3n) is 3.66. The van der Waals surface area contributed by atoms with Crippen LogP contribution < -0.4 is 5.32 Å². The largest absolute Gasteiger partial charge is 0.416 e. The maximum absolute atomic E-state index is 12.9. The lowest BCUT2D eigenvalue weighted by atomic mass is 9.99. The molecule has 1 atom stereocenters.